The molecule has 136 valence electrons. The van der Waals surface area contributed by atoms with Gasteiger partial charge in [0.25, 0.3) is 0 Å². The fourth-order valence-electron chi connectivity index (χ4n) is 3.07. The van der Waals surface area contributed by atoms with Gasteiger partial charge in [-0.15, -0.1) is 0 Å². The molecule has 1 saturated heterocycles. The number of anilines is 1. The number of halogens is 1. The zero-order chi connectivity index (χ0) is 18.2. The fraction of sp³-hybridized carbons (Fsp3) is 0.556. The first-order valence-corrected chi connectivity index (χ1v) is 8.66. The van der Waals surface area contributed by atoms with Crippen molar-refractivity contribution in [1.82, 2.24) is 10.6 Å². The third-order valence-corrected chi connectivity index (χ3v) is 4.35. The number of hydrogen-bond acceptors (Lipinski definition) is 4. The standard InChI is InChI=1S/C18H25FN4O2/c1-13(4-3-9-24)21-18(25)22-15-5-2-8-23(12-15)17-7-6-14(11-20)10-16(17)19/h6-7,10,13,15,24H,2-5,8-9,12H2,1H3,(H2,21,22,25). The summed E-state index contributed by atoms with van der Waals surface area (Å²) in [6.07, 6.45) is 3.06. The Bertz CT molecular complexity index is 632. The lowest BCUT2D eigenvalue weighted by molar-refractivity contribution is 0.229. The van der Waals surface area contributed by atoms with E-state index in [0.717, 1.165) is 25.8 Å². The average molecular weight is 348 g/mol. The molecule has 25 heavy (non-hydrogen) atoms. The fourth-order valence-corrected chi connectivity index (χ4v) is 3.07. The van der Waals surface area contributed by atoms with Crippen molar-refractivity contribution in [2.24, 2.45) is 0 Å². The molecule has 1 fully saturated rings. The Morgan fingerprint density at radius 1 is 1.56 bits per heavy atom. The van der Waals surface area contributed by atoms with Gasteiger partial charge in [0.15, 0.2) is 0 Å². The van der Waals surface area contributed by atoms with Gasteiger partial charge < -0.3 is 20.6 Å². The first kappa shape index (κ1) is 19.0. The second kappa shape index (κ2) is 9.23. The summed E-state index contributed by atoms with van der Waals surface area (Å²) in [6, 6.07) is 6.07. The molecule has 1 aliphatic heterocycles. The van der Waals surface area contributed by atoms with Gasteiger partial charge in [0, 0.05) is 31.8 Å². The number of nitrogens with zero attached hydrogens (tertiary/aromatic N) is 2. The van der Waals surface area contributed by atoms with Crippen molar-refractivity contribution in [3.8, 4) is 6.07 Å². The maximum Gasteiger partial charge on any atom is 0.315 e. The number of rotatable bonds is 6. The van der Waals surface area contributed by atoms with E-state index < -0.39 is 5.82 Å². The first-order valence-electron chi connectivity index (χ1n) is 8.66. The monoisotopic (exact) mass is 348 g/mol. The molecular weight excluding hydrogens is 323 g/mol. The van der Waals surface area contributed by atoms with Crippen LogP contribution >= 0.6 is 0 Å². The van der Waals surface area contributed by atoms with Crippen LogP contribution in [0.25, 0.3) is 0 Å². The van der Waals surface area contributed by atoms with Crippen molar-refractivity contribution in [3.05, 3.63) is 29.6 Å². The number of nitrogens with one attached hydrogen (secondary N) is 2. The third-order valence-electron chi connectivity index (χ3n) is 4.35. The normalized spacial score (nSPS) is 18.3. The highest BCUT2D eigenvalue weighted by Gasteiger charge is 2.23. The second-order valence-corrected chi connectivity index (χ2v) is 6.45. The van der Waals surface area contributed by atoms with Crippen LogP contribution in [0, 0.1) is 17.1 Å². The minimum atomic E-state index is -0.415. The van der Waals surface area contributed by atoms with Crippen molar-refractivity contribution in [2.75, 3.05) is 24.6 Å². The Morgan fingerprint density at radius 3 is 3.04 bits per heavy atom. The van der Waals surface area contributed by atoms with Gasteiger partial charge in [0.2, 0.25) is 0 Å². The maximum atomic E-state index is 14.2. The maximum absolute atomic E-state index is 14.2. The molecule has 3 N–H and O–H groups in total. The summed E-state index contributed by atoms with van der Waals surface area (Å²) in [6.45, 7) is 3.26. The molecule has 2 rings (SSSR count). The number of piperidine rings is 1. The third kappa shape index (κ3) is 5.61. The molecule has 1 aliphatic rings. The molecule has 0 spiro atoms. The van der Waals surface area contributed by atoms with Crippen LogP contribution in [0.2, 0.25) is 0 Å². The lowest BCUT2D eigenvalue weighted by atomic mass is 10.0. The quantitative estimate of drug-likeness (QED) is 0.735. The highest BCUT2D eigenvalue weighted by Crippen LogP contribution is 2.24. The summed E-state index contributed by atoms with van der Waals surface area (Å²) in [5, 5.41) is 23.4. The van der Waals surface area contributed by atoms with Gasteiger partial charge in [-0.3, -0.25) is 0 Å². The molecule has 2 amide bonds. The summed E-state index contributed by atoms with van der Waals surface area (Å²) in [4.78, 5) is 14.0. The molecule has 0 bridgehead atoms. The zero-order valence-electron chi connectivity index (χ0n) is 14.5. The number of carbonyl (C=O) groups excluding carboxylic acids is 1. The van der Waals surface area contributed by atoms with Crippen molar-refractivity contribution in [2.45, 2.75) is 44.7 Å². The number of nitriles is 1. The van der Waals surface area contributed by atoms with E-state index in [0.29, 0.717) is 24.2 Å². The second-order valence-electron chi connectivity index (χ2n) is 6.45. The lowest BCUT2D eigenvalue weighted by Gasteiger charge is -2.35. The molecule has 2 atom stereocenters. The van der Waals surface area contributed by atoms with Crippen LogP contribution in [0.4, 0.5) is 14.9 Å². The predicted molar refractivity (Wildman–Crippen MR) is 93.8 cm³/mol. The topological polar surface area (TPSA) is 88.4 Å². The number of carbonyl (C=O) groups is 1. The van der Waals surface area contributed by atoms with E-state index in [2.05, 4.69) is 10.6 Å². The number of urea groups is 1. The number of hydrogen-bond donors (Lipinski definition) is 3. The Kier molecular flexibility index (Phi) is 7.02. The molecule has 0 aliphatic carbocycles. The van der Waals surface area contributed by atoms with Crippen LogP contribution < -0.4 is 15.5 Å². The number of amides is 2. The van der Waals surface area contributed by atoms with Gasteiger partial charge >= 0.3 is 6.03 Å². The molecule has 7 heteroatoms. The minimum Gasteiger partial charge on any atom is -0.396 e. The Hall–Kier alpha value is -2.33. The SMILES string of the molecule is CC(CCCO)NC(=O)NC1CCCN(c2ccc(C#N)cc2F)C1. The summed E-state index contributed by atoms with van der Waals surface area (Å²) in [7, 11) is 0. The van der Waals surface area contributed by atoms with E-state index in [9.17, 15) is 9.18 Å². The minimum absolute atomic E-state index is 0.0113. The Labute approximate surface area is 147 Å². The van der Waals surface area contributed by atoms with Gasteiger partial charge in [-0.05, 0) is 50.8 Å². The molecule has 0 aromatic heterocycles. The molecule has 1 aromatic rings. The highest BCUT2D eigenvalue weighted by atomic mass is 19.1. The molecule has 2 unspecified atom stereocenters. The number of aliphatic hydroxyl groups is 1. The Morgan fingerprint density at radius 2 is 2.36 bits per heavy atom. The first-order chi connectivity index (χ1) is 12.0. The zero-order valence-corrected chi connectivity index (χ0v) is 14.5. The van der Waals surface area contributed by atoms with Crippen molar-refractivity contribution < 1.29 is 14.3 Å². The summed E-state index contributed by atoms with van der Waals surface area (Å²) < 4.78 is 14.2. The van der Waals surface area contributed by atoms with Crippen LogP contribution in [-0.4, -0.2) is 42.9 Å². The van der Waals surface area contributed by atoms with Gasteiger partial charge in [0.05, 0.1) is 17.3 Å². The van der Waals surface area contributed by atoms with Crippen molar-refractivity contribution in [3.63, 3.8) is 0 Å². The van der Waals surface area contributed by atoms with Gasteiger partial charge in [0.1, 0.15) is 5.82 Å². The van der Waals surface area contributed by atoms with Crippen LogP contribution in [0.3, 0.4) is 0 Å². The number of benzene rings is 1. The van der Waals surface area contributed by atoms with Gasteiger partial charge in [-0.25, -0.2) is 9.18 Å². The van der Waals surface area contributed by atoms with Crippen LogP contribution in [0.15, 0.2) is 18.2 Å². The number of aliphatic hydroxyl groups excluding tert-OH is 1. The van der Waals surface area contributed by atoms with Crippen LogP contribution in [-0.2, 0) is 0 Å². The lowest BCUT2D eigenvalue weighted by Crippen LogP contribution is -2.52. The largest absolute Gasteiger partial charge is 0.396 e. The molecule has 6 nitrogen and oxygen atoms in total. The van der Waals surface area contributed by atoms with Crippen molar-refractivity contribution in [1.29, 1.82) is 5.26 Å². The Balaban J connectivity index is 1.90. The van der Waals surface area contributed by atoms with E-state index in [-0.39, 0.29) is 24.7 Å². The molecule has 1 aromatic carbocycles. The van der Waals surface area contributed by atoms with Gasteiger partial charge in [-0.2, -0.15) is 5.26 Å². The van der Waals surface area contributed by atoms with Crippen molar-refractivity contribution >= 4 is 11.7 Å². The van der Waals surface area contributed by atoms with Crippen LogP contribution in [0.1, 0.15) is 38.2 Å². The summed E-state index contributed by atoms with van der Waals surface area (Å²) in [5.74, 6) is -0.415. The molecule has 0 radical (unpaired) electrons. The smallest absolute Gasteiger partial charge is 0.315 e. The van der Waals surface area contributed by atoms with E-state index in [1.54, 1.807) is 12.1 Å². The summed E-state index contributed by atoms with van der Waals surface area (Å²) >= 11 is 0. The molecule has 1 heterocycles. The molecule has 0 saturated carbocycles. The van der Waals surface area contributed by atoms with E-state index >= 15 is 0 Å². The van der Waals surface area contributed by atoms with E-state index in [1.165, 1.54) is 6.07 Å². The van der Waals surface area contributed by atoms with E-state index in [4.69, 9.17) is 10.4 Å². The predicted octanol–water partition coefficient (Wildman–Crippen LogP) is 2.13. The van der Waals surface area contributed by atoms with Gasteiger partial charge in [-0.1, -0.05) is 0 Å². The average Bonchev–Trinajstić information content (AvgIpc) is 2.59. The van der Waals surface area contributed by atoms with E-state index in [1.807, 2.05) is 17.9 Å². The summed E-state index contributed by atoms with van der Waals surface area (Å²) in [5.41, 5.74) is 0.756. The highest BCUT2D eigenvalue weighted by molar-refractivity contribution is 5.74. The molecular formula is C18H25FN4O2. The van der Waals surface area contributed by atoms with Crippen LogP contribution in [0.5, 0.6) is 0 Å².